The van der Waals surface area contributed by atoms with Crippen molar-refractivity contribution in [3.05, 3.63) is 22.6 Å². The summed E-state index contributed by atoms with van der Waals surface area (Å²) in [5.41, 5.74) is 9.86. The van der Waals surface area contributed by atoms with Crippen molar-refractivity contribution in [2.45, 2.75) is 13.8 Å². The molecule has 0 atom stereocenters. The topological polar surface area (TPSA) is 79.6 Å². The number of aromatic amines is 1. The molecule has 3 aromatic rings. The van der Waals surface area contributed by atoms with E-state index in [4.69, 9.17) is 5.73 Å². The molecule has 0 aliphatic rings. The molecular weight excluding hydrogens is 258 g/mol. The zero-order valence-corrected chi connectivity index (χ0v) is 11.9. The van der Waals surface area contributed by atoms with Crippen molar-refractivity contribution in [2.75, 3.05) is 18.1 Å². The number of pyridine rings is 1. The Hall–Kier alpha value is -2.08. The van der Waals surface area contributed by atoms with E-state index in [2.05, 4.69) is 34.1 Å². The summed E-state index contributed by atoms with van der Waals surface area (Å²) in [4.78, 5) is 13.5. The van der Waals surface area contributed by atoms with Crippen molar-refractivity contribution < 1.29 is 0 Å². The van der Waals surface area contributed by atoms with Gasteiger partial charge >= 0.3 is 0 Å². The van der Waals surface area contributed by atoms with Gasteiger partial charge in [0.25, 0.3) is 0 Å². The largest absolute Gasteiger partial charge is 0.390 e. The van der Waals surface area contributed by atoms with Gasteiger partial charge in [-0.15, -0.1) is 11.3 Å². The van der Waals surface area contributed by atoms with Crippen LogP contribution in [-0.2, 0) is 0 Å². The molecular formula is C13H15N5S. The number of fused-ring (bicyclic) bond motifs is 1. The zero-order valence-electron chi connectivity index (χ0n) is 11.0. The molecule has 0 unspecified atom stereocenters. The minimum absolute atomic E-state index is 0.699. The van der Waals surface area contributed by atoms with Crippen LogP contribution in [0.2, 0.25) is 0 Å². The van der Waals surface area contributed by atoms with Crippen LogP contribution in [0, 0.1) is 13.8 Å². The lowest BCUT2D eigenvalue weighted by Gasteiger charge is -1.96. The third-order valence-electron chi connectivity index (χ3n) is 3.25. The number of nitrogens with two attached hydrogens (primary N) is 1. The first-order valence-electron chi connectivity index (χ1n) is 6.00. The van der Waals surface area contributed by atoms with E-state index in [-0.39, 0.29) is 0 Å². The van der Waals surface area contributed by atoms with E-state index in [9.17, 15) is 0 Å². The van der Waals surface area contributed by atoms with Gasteiger partial charge in [-0.25, -0.2) is 9.97 Å². The molecule has 6 heteroatoms. The Morgan fingerprint density at radius 3 is 2.68 bits per heavy atom. The predicted octanol–water partition coefficient (Wildman–Crippen LogP) is 2.93. The van der Waals surface area contributed by atoms with Crippen LogP contribution in [0.1, 0.15) is 10.4 Å². The van der Waals surface area contributed by atoms with E-state index >= 15 is 0 Å². The summed E-state index contributed by atoms with van der Waals surface area (Å²) in [7, 11) is 1.84. The summed E-state index contributed by atoms with van der Waals surface area (Å²) in [6, 6.07) is 3.88. The third-order valence-corrected chi connectivity index (χ3v) is 4.29. The van der Waals surface area contributed by atoms with Crippen LogP contribution in [0.3, 0.4) is 0 Å². The Balaban J connectivity index is 2.20. The molecule has 0 saturated carbocycles. The predicted molar refractivity (Wildman–Crippen MR) is 80.6 cm³/mol. The fourth-order valence-electron chi connectivity index (χ4n) is 2.10. The first-order chi connectivity index (χ1) is 9.10. The second-order valence-electron chi connectivity index (χ2n) is 4.43. The lowest BCUT2D eigenvalue weighted by molar-refractivity contribution is 1.28. The van der Waals surface area contributed by atoms with Crippen LogP contribution in [0.15, 0.2) is 12.1 Å². The van der Waals surface area contributed by atoms with E-state index in [0.29, 0.717) is 5.65 Å². The standard InChI is InChI=1S/C13H15N5S/c1-6-7(2)19-11(14)10(6)13-16-8-4-5-9(15-3)17-12(8)18-13/h4-5H,14H2,1-3H3,(H2,15,16,17,18). The van der Waals surface area contributed by atoms with Crippen molar-refractivity contribution in [3.63, 3.8) is 0 Å². The van der Waals surface area contributed by atoms with E-state index in [0.717, 1.165) is 27.7 Å². The molecule has 3 aromatic heterocycles. The Bertz CT molecular complexity index is 756. The number of hydrogen-bond donors (Lipinski definition) is 3. The van der Waals surface area contributed by atoms with Crippen molar-refractivity contribution in [3.8, 4) is 11.4 Å². The molecule has 19 heavy (non-hydrogen) atoms. The Kier molecular flexibility index (Phi) is 2.67. The van der Waals surface area contributed by atoms with Crippen LogP contribution in [0.25, 0.3) is 22.6 Å². The molecule has 4 N–H and O–H groups in total. The lowest BCUT2D eigenvalue weighted by Crippen LogP contribution is -1.91. The van der Waals surface area contributed by atoms with Crippen LogP contribution < -0.4 is 11.1 Å². The van der Waals surface area contributed by atoms with Gasteiger partial charge < -0.3 is 16.0 Å². The van der Waals surface area contributed by atoms with Gasteiger partial charge in [0.15, 0.2) is 5.65 Å². The second kappa shape index (κ2) is 4.24. The number of thiophene rings is 1. The van der Waals surface area contributed by atoms with Crippen molar-refractivity contribution >= 4 is 33.3 Å². The quantitative estimate of drug-likeness (QED) is 0.670. The summed E-state index contributed by atoms with van der Waals surface area (Å²) in [5.74, 6) is 1.59. The maximum Gasteiger partial charge on any atom is 0.180 e. The Morgan fingerprint density at radius 1 is 1.26 bits per heavy atom. The summed E-state index contributed by atoms with van der Waals surface area (Å²) >= 11 is 1.59. The molecule has 0 aromatic carbocycles. The number of hydrogen-bond acceptors (Lipinski definition) is 5. The maximum atomic E-state index is 6.08. The van der Waals surface area contributed by atoms with Crippen molar-refractivity contribution in [1.29, 1.82) is 0 Å². The number of nitrogen functional groups attached to an aromatic ring is 1. The lowest BCUT2D eigenvalue weighted by atomic mass is 10.1. The van der Waals surface area contributed by atoms with Gasteiger partial charge in [-0.2, -0.15) is 0 Å². The molecule has 0 saturated heterocycles. The monoisotopic (exact) mass is 273 g/mol. The van der Waals surface area contributed by atoms with Crippen LogP contribution in [-0.4, -0.2) is 22.0 Å². The fourth-order valence-corrected chi connectivity index (χ4v) is 3.03. The summed E-state index contributed by atoms with van der Waals surface area (Å²) in [5, 5.41) is 3.80. The smallest absolute Gasteiger partial charge is 0.180 e. The van der Waals surface area contributed by atoms with Crippen LogP contribution in [0.5, 0.6) is 0 Å². The minimum atomic E-state index is 0.699. The SMILES string of the molecule is CNc1ccc2[nH]c(-c3c(N)sc(C)c3C)nc2n1. The molecule has 0 spiro atoms. The molecule has 3 heterocycles. The average Bonchev–Trinajstić information content (AvgIpc) is 2.90. The normalized spacial score (nSPS) is 11.1. The molecule has 5 nitrogen and oxygen atoms in total. The molecule has 0 aliphatic carbocycles. The number of rotatable bonds is 2. The van der Waals surface area contributed by atoms with Crippen LogP contribution in [0.4, 0.5) is 10.8 Å². The molecule has 0 fully saturated rings. The highest BCUT2D eigenvalue weighted by Gasteiger charge is 2.16. The van der Waals surface area contributed by atoms with Gasteiger partial charge in [0.1, 0.15) is 11.6 Å². The number of aromatic nitrogens is 3. The van der Waals surface area contributed by atoms with Gasteiger partial charge in [-0.1, -0.05) is 0 Å². The van der Waals surface area contributed by atoms with Gasteiger partial charge in [0.2, 0.25) is 0 Å². The van der Waals surface area contributed by atoms with Crippen LogP contribution >= 0.6 is 11.3 Å². The Labute approximate surface area is 114 Å². The number of aryl methyl sites for hydroxylation is 1. The summed E-state index contributed by atoms with van der Waals surface area (Å²) in [6.45, 7) is 4.14. The molecule has 0 bridgehead atoms. The van der Waals surface area contributed by atoms with E-state index in [1.54, 1.807) is 11.3 Å². The molecule has 3 rings (SSSR count). The van der Waals surface area contributed by atoms with Crippen molar-refractivity contribution in [1.82, 2.24) is 15.0 Å². The van der Waals surface area contributed by atoms with Gasteiger partial charge in [0.05, 0.1) is 16.1 Å². The number of nitrogens with one attached hydrogen (secondary N) is 2. The minimum Gasteiger partial charge on any atom is -0.390 e. The molecule has 98 valence electrons. The van der Waals surface area contributed by atoms with E-state index < -0.39 is 0 Å². The molecule has 0 amide bonds. The maximum absolute atomic E-state index is 6.08. The number of anilines is 2. The van der Waals surface area contributed by atoms with Gasteiger partial charge in [0, 0.05) is 11.9 Å². The zero-order chi connectivity index (χ0) is 13.6. The number of imidazole rings is 1. The number of H-pyrrole nitrogens is 1. The summed E-state index contributed by atoms with van der Waals surface area (Å²) in [6.07, 6.45) is 0. The second-order valence-corrected chi connectivity index (χ2v) is 5.68. The number of nitrogens with zero attached hydrogens (tertiary/aromatic N) is 2. The fraction of sp³-hybridized carbons (Fsp3) is 0.231. The highest BCUT2D eigenvalue weighted by molar-refractivity contribution is 7.16. The highest BCUT2D eigenvalue weighted by atomic mass is 32.1. The van der Waals surface area contributed by atoms with Gasteiger partial charge in [-0.3, -0.25) is 0 Å². The Morgan fingerprint density at radius 2 is 2.05 bits per heavy atom. The van der Waals surface area contributed by atoms with Crippen molar-refractivity contribution in [2.24, 2.45) is 0 Å². The molecule has 0 radical (unpaired) electrons. The third kappa shape index (κ3) is 1.84. The highest BCUT2D eigenvalue weighted by Crippen LogP contribution is 2.37. The van der Waals surface area contributed by atoms with E-state index in [1.165, 1.54) is 10.4 Å². The first-order valence-corrected chi connectivity index (χ1v) is 6.82. The average molecular weight is 273 g/mol. The van der Waals surface area contributed by atoms with Gasteiger partial charge in [-0.05, 0) is 31.5 Å². The summed E-state index contributed by atoms with van der Waals surface area (Å²) < 4.78 is 0. The van der Waals surface area contributed by atoms with E-state index in [1.807, 2.05) is 19.2 Å². The molecule has 0 aliphatic heterocycles. The first kappa shape index (κ1) is 12.0.